The smallest absolute Gasteiger partial charge is 0.480 e. The third-order valence-electron chi connectivity index (χ3n) is 5.68. The second-order valence-electron chi connectivity index (χ2n) is 11.3. The Bertz CT molecular complexity index is 1180. The first-order valence-corrected chi connectivity index (χ1v) is 12.5. The maximum absolute atomic E-state index is 12.7. The van der Waals surface area contributed by atoms with Gasteiger partial charge in [0.15, 0.2) is 11.5 Å². The summed E-state index contributed by atoms with van der Waals surface area (Å²) >= 11 is 0. The summed E-state index contributed by atoms with van der Waals surface area (Å²) in [6, 6.07) is 11.3. The highest BCUT2D eigenvalue weighted by molar-refractivity contribution is 5.81. The molecule has 2 aromatic rings. The Labute approximate surface area is 228 Å². The maximum Gasteiger partial charge on any atom is 0.513 e. The van der Waals surface area contributed by atoms with Crippen LogP contribution in [-0.2, 0) is 19.1 Å². The van der Waals surface area contributed by atoms with Crippen molar-refractivity contribution >= 4 is 24.1 Å². The van der Waals surface area contributed by atoms with E-state index in [2.05, 4.69) is 0 Å². The highest BCUT2D eigenvalue weighted by Crippen LogP contribution is 2.37. The highest BCUT2D eigenvalue weighted by Gasteiger charge is 2.34. The molecule has 2 unspecified atom stereocenters. The molecule has 0 heterocycles. The first-order valence-electron chi connectivity index (χ1n) is 12.5. The monoisotopic (exact) mass is 543 g/mol. The van der Waals surface area contributed by atoms with E-state index in [0.29, 0.717) is 11.3 Å². The lowest BCUT2D eigenvalue weighted by Gasteiger charge is -2.28. The summed E-state index contributed by atoms with van der Waals surface area (Å²) in [6.07, 6.45) is -0.958. The predicted octanol–water partition coefficient (Wildman–Crippen LogP) is 4.94. The lowest BCUT2D eigenvalue weighted by Crippen LogP contribution is -2.40. The van der Waals surface area contributed by atoms with Gasteiger partial charge in [0.25, 0.3) is 0 Å². The van der Waals surface area contributed by atoms with Gasteiger partial charge in [-0.05, 0) is 77.3 Å². The number of esters is 2. The van der Waals surface area contributed by atoms with E-state index < -0.39 is 52.8 Å². The van der Waals surface area contributed by atoms with Crippen molar-refractivity contribution in [2.45, 2.75) is 60.4 Å². The van der Waals surface area contributed by atoms with E-state index in [1.54, 1.807) is 78.8 Å². The van der Waals surface area contributed by atoms with E-state index in [1.807, 2.05) is 0 Å². The Hall–Kier alpha value is -3.92. The molecule has 0 radical (unpaired) electrons. The molecule has 0 aromatic heterocycles. The molecule has 10 heteroatoms. The molecule has 0 bridgehead atoms. The summed E-state index contributed by atoms with van der Waals surface area (Å²) in [7, 11) is 0. The molecular formula is C29H37NO9. The van der Waals surface area contributed by atoms with Crippen molar-refractivity contribution in [3.05, 3.63) is 54.1 Å². The molecule has 212 valence electrons. The van der Waals surface area contributed by atoms with Crippen LogP contribution in [0.25, 0.3) is 0 Å². The van der Waals surface area contributed by atoms with Crippen LogP contribution in [-0.4, -0.2) is 41.8 Å². The van der Waals surface area contributed by atoms with Crippen LogP contribution in [0.1, 0.15) is 59.9 Å². The lowest BCUT2D eigenvalue weighted by molar-refractivity contribution is -0.145. The average molecular weight is 544 g/mol. The third-order valence-corrected chi connectivity index (χ3v) is 5.68. The minimum Gasteiger partial charge on any atom is -0.480 e. The number of benzene rings is 2. The molecular weight excluding hydrogens is 506 g/mol. The number of carboxylic acid groups (broad SMARTS) is 1. The van der Waals surface area contributed by atoms with Crippen LogP contribution < -0.4 is 19.9 Å². The van der Waals surface area contributed by atoms with Gasteiger partial charge in [-0.1, -0.05) is 31.2 Å². The van der Waals surface area contributed by atoms with Gasteiger partial charge in [-0.25, -0.2) is 4.79 Å². The number of hydrogen-bond donors (Lipinski definition) is 2. The molecule has 0 aliphatic carbocycles. The first kappa shape index (κ1) is 31.3. The molecule has 0 aliphatic rings. The fourth-order valence-electron chi connectivity index (χ4n) is 3.36. The molecule has 0 aliphatic heterocycles. The molecule has 0 saturated carbocycles. The van der Waals surface area contributed by atoms with Gasteiger partial charge in [-0.3, -0.25) is 14.4 Å². The number of hydrogen-bond acceptors (Lipinski definition) is 9. The minimum atomic E-state index is -1.40. The lowest BCUT2D eigenvalue weighted by atomic mass is 9.82. The SMILES string of the molecule is CC(COC(=O)Oc1ccccc1)C(c1ccc(OC(=O)C(C)(C)C)c(OC(=O)C(C)(C)C)c1)[C@H](N)C(=O)O. The van der Waals surface area contributed by atoms with Gasteiger partial charge in [0.1, 0.15) is 11.8 Å². The van der Waals surface area contributed by atoms with Gasteiger partial charge in [-0.2, -0.15) is 0 Å². The summed E-state index contributed by atoms with van der Waals surface area (Å²) in [4.78, 5) is 49.3. The molecule has 10 nitrogen and oxygen atoms in total. The second kappa shape index (κ2) is 12.8. The van der Waals surface area contributed by atoms with Crippen molar-refractivity contribution < 1.29 is 43.2 Å². The number of carbonyl (C=O) groups is 4. The van der Waals surface area contributed by atoms with Crippen LogP contribution in [0.4, 0.5) is 4.79 Å². The number of ether oxygens (including phenoxy) is 4. The van der Waals surface area contributed by atoms with Crippen LogP contribution in [0.5, 0.6) is 17.2 Å². The zero-order valence-electron chi connectivity index (χ0n) is 23.3. The molecule has 3 N–H and O–H groups in total. The van der Waals surface area contributed by atoms with Crippen molar-refractivity contribution in [3.8, 4) is 17.2 Å². The van der Waals surface area contributed by atoms with E-state index >= 15 is 0 Å². The van der Waals surface area contributed by atoms with Crippen LogP contribution in [0, 0.1) is 16.7 Å². The van der Waals surface area contributed by atoms with E-state index in [1.165, 1.54) is 18.2 Å². The molecule has 0 spiro atoms. The van der Waals surface area contributed by atoms with Gasteiger partial charge in [-0.15, -0.1) is 0 Å². The summed E-state index contributed by atoms with van der Waals surface area (Å²) in [5.41, 5.74) is 4.72. The van der Waals surface area contributed by atoms with Crippen molar-refractivity contribution in [2.75, 3.05) is 6.61 Å². The predicted molar refractivity (Wildman–Crippen MR) is 143 cm³/mol. The van der Waals surface area contributed by atoms with Crippen LogP contribution in [0.2, 0.25) is 0 Å². The quantitative estimate of drug-likeness (QED) is 0.253. The normalized spacial score (nSPS) is 13.9. The Kier molecular flexibility index (Phi) is 10.2. The zero-order chi connectivity index (χ0) is 29.5. The fraction of sp³-hybridized carbons (Fsp3) is 0.448. The van der Waals surface area contributed by atoms with E-state index in [4.69, 9.17) is 24.7 Å². The zero-order valence-corrected chi connectivity index (χ0v) is 23.3. The van der Waals surface area contributed by atoms with Crippen LogP contribution in [0.3, 0.4) is 0 Å². The number of nitrogens with two attached hydrogens (primary N) is 1. The van der Waals surface area contributed by atoms with E-state index in [9.17, 15) is 24.3 Å². The Morgan fingerprint density at radius 3 is 1.87 bits per heavy atom. The van der Waals surface area contributed by atoms with Crippen LogP contribution >= 0.6 is 0 Å². The average Bonchev–Trinajstić information content (AvgIpc) is 2.83. The first-order chi connectivity index (χ1) is 18.0. The standard InChI is InChI=1S/C29H37NO9/c1-17(16-36-27(35)37-19-11-9-8-10-12-19)22(23(30)24(31)32)18-13-14-20(38-25(33)28(2,3)4)21(15-18)39-26(34)29(5,6)7/h8-15,17,22-23H,16,30H2,1-7H3,(H,31,32)/t17?,22?,23-/m0/s1. The molecule has 2 rings (SSSR count). The number of aliphatic carboxylic acids is 1. The number of rotatable bonds is 9. The summed E-state index contributed by atoms with van der Waals surface area (Å²) in [5, 5.41) is 9.71. The van der Waals surface area contributed by atoms with Gasteiger partial charge in [0.05, 0.1) is 17.4 Å². The Morgan fingerprint density at radius 2 is 1.36 bits per heavy atom. The van der Waals surface area contributed by atoms with Crippen molar-refractivity contribution in [1.82, 2.24) is 0 Å². The largest absolute Gasteiger partial charge is 0.513 e. The van der Waals surface area contributed by atoms with Crippen LogP contribution in [0.15, 0.2) is 48.5 Å². The van der Waals surface area contributed by atoms with Gasteiger partial charge >= 0.3 is 24.1 Å². The van der Waals surface area contributed by atoms with Crippen molar-refractivity contribution in [2.24, 2.45) is 22.5 Å². The molecule has 0 amide bonds. The van der Waals surface area contributed by atoms with Gasteiger partial charge in [0.2, 0.25) is 0 Å². The second-order valence-corrected chi connectivity index (χ2v) is 11.3. The molecule has 0 fully saturated rings. The molecule has 0 saturated heterocycles. The highest BCUT2D eigenvalue weighted by atomic mass is 16.7. The van der Waals surface area contributed by atoms with E-state index in [-0.39, 0.29) is 18.1 Å². The summed E-state index contributed by atoms with van der Waals surface area (Å²) in [6.45, 7) is 11.5. The van der Waals surface area contributed by atoms with Gasteiger partial charge in [0, 0.05) is 5.92 Å². The van der Waals surface area contributed by atoms with Crippen molar-refractivity contribution in [3.63, 3.8) is 0 Å². The van der Waals surface area contributed by atoms with Crippen molar-refractivity contribution in [1.29, 1.82) is 0 Å². The fourth-order valence-corrected chi connectivity index (χ4v) is 3.36. The maximum atomic E-state index is 12.7. The molecule has 3 atom stereocenters. The topological polar surface area (TPSA) is 151 Å². The number of para-hydroxylation sites is 1. The summed E-state index contributed by atoms with van der Waals surface area (Å²) < 4.78 is 21.4. The van der Waals surface area contributed by atoms with Gasteiger partial charge < -0.3 is 29.8 Å². The number of carboxylic acids is 1. The Morgan fingerprint density at radius 1 is 0.821 bits per heavy atom. The molecule has 39 heavy (non-hydrogen) atoms. The molecule has 2 aromatic carbocycles. The Balaban J connectivity index is 2.39. The minimum absolute atomic E-state index is 0.00531. The third kappa shape index (κ3) is 9.10. The summed E-state index contributed by atoms with van der Waals surface area (Å²) in [5.74, 6) is -3.69. The number of carbonyl (C=O) groups excluding carboxylic acids is 3. The van der Waals surface area contributed by atoms with E-state index in [0.717, 1.165) is 0 Å².